The van der Waals surface area contributed by atoms with E-state index in [1.807, 2.05) is 36.4 Å². The van der Waals surface area contributed by atoms with Gasteiger partial charge in [0.25, 0.3) is 0 Å². The van der Waals surface area contributed by atoms with Crippen molar-refractivity contribution in [2.24, 2.45) is 5.92 Å². The summed E-state index contributed by atoms with van der Waals surface area (Å²) in [6.45, 7) is 1.93. The van der Waals surface area contributed by atoms with Crippen LogP contribution in [0.15, 0.2) is 52.3 Å². The van der Waals surface area contributed by atoms with Crippen molar-refractivity contribution in [3.05, 3.63) is 53.1 Å². The van der Waals surface area contributed by atoms with Crippen LogP contribution in [-0.4, -0.2) is 48.2 Å². The number of piperidine rings is 1. The topological polar surface area (TPSA) is 76.1 Å². The molecule has 0 bridgehead atoms. The first kappa shape index (κ1) is 21.6. The molecule has 2 aromatic carbocycles. The van der Waals surface area contributed by atoms with E-state index < -0.39 is 11.9 Å². The maximum absolute atomic E-state index is 12.4. The largest absolute Gasteiger partial charge is 0.486 e. The van der Waals surface area contributed by atoms with Crippen LogP contribution in [0, 0.1) is 5.92 Å². The molecule has 0 aliphatic carbocycles. The van der Waals surface area contributed by atoms with Crippen LogP contribution in [0.2, 0.25) is 5.02 Å². The average Bonchev–Trinajstić information content (AvgIpc) is 2.79. The van der Waals surface area contributed by atoms with Crippen molar-refractivity contribution >= 4 is 41.3 Å². The second-order valence-electron chi connectivity index (χ2n) is 7.39. The van der Waals surface area contributed by atoms with Gasteiger partial charge in [-0.3, -0.25) is 9.59 Å². The Hall–Kier alpha value is -2.64. The minimum absolute atomic E-state index is 0.184. The summed E-state index contributed by atoms with van der Waals surface area (Å²) in [7, 11) is 0. The summed E-state index contributed by atoms with van der Waals surface area (Å²) in [4.78, 5) is 27.1. The number of hydrogen-bond donors (Lipinski definition) is 1. The SMILES string of the molecule is O=C(O)C1CCCN(C(=O)C=Cc2ccc(Sc3ccc4c(c3)OCCO4)c(Cl)c2)C1. The number of hydrogen-bond acceptors (Lipinski definition) is 5. The van der Waals surface area contributed by atoms with Crippen molar-refractivity contribution in [1.82, 2.24) is 4.90 Å². The number of carboxylic acid groups (broad SMARTS) is 1. The lowest BCUT2D eigenvalue weighted by Gasteiger charge is -2.29. The van der Waals surface area contributed by atoms with Crippen LogP contribution in [0.3, 0.4) is 0 Å². The van der Waals surface area contributed by atoms with E-state index in [-0.39, 0.29) is 12.5 Å². The highest BCUT2D eigenvalue weighted by Crippen LogP contribution is 2.39. The van der Waals surface area contributed by atoms with Gasteiger partial charge < -0.3 is 19.5 Å². The number of carbonyl (C=O) groups is 2. The standard InChI is InChI=1S/C23H22ClNO5S/c24-18-12-15(4-8-22(26)25-9-1-2-16(14-25)23(27)28)3-7-21(18)31-17-5-6-19-20(13-17)30-11-10-29-19/h3-8,12-13,16H,1-2,9-11,14H2,(H,27,28). The zero-order valence-corrected chi connectivity index (χ0v) is 18.3. The molecular weight excluding hydrogens is 438 g/mol. The molecule has 162 valence electrons. The lowest BCUT2D eigenvalue weighted by Crippen LogP contribution is -2.41. The number of carbonyl (C=O) groups excluding carboxylic acids is 1. The van der Waals surface area contributed by atoms with Crippen LogP contribution in [0.25, 0.3) is 6.08 Å². The molecular formula is C23H22ClNO5S. The van der Waals surface area contributed by atoms with Crippen molar-refractivity contribution in [2.45, 2.75) is 22.6 Å². The van der Waals surface area contributed by atoms with Crippen LogP contribution in [0.4, 0.5) is 0 Å². The number of halogens is 1. The van der Waals surface area contributed by atoms with Crippen molar-refractivity contribution in [3.8, 4) is 11.5 Å². The molecule has 4 rings (SSSR count). The summed E-state index contributed by atoms with van der Waals surface area (Å²) in [5.41, 5.74) is 0.802. The van der Waals surface area contributed by atoms with Gasteiger partial charge in [-0.15, -0.1) is 0 Å². The lowest BCUT2D eigenvalue weighted by atomic mass is 9.98. The zero-order chi connectivity index (χ0) is 21.8. The Morgan fingerprint density at radius 3 is 2.71 bits per heavy atom. The van der Waals surface area contributed by atoms with E-state index in [0.29, 0.717) is 37.6 Å². The first-order valence-corrected chi connectivity index (χ1v) is 11.3. The van der Waals surface area contributed by atoms with Crippen molar-refractivity contribution < 1.29 is 24.2 Å². The van der Waals surface area contributed by atoms with Gasteiger partial charge in [-0.05, 0) is 54.8 Å². The van der Waals surface area contributed by atoms with Gasteiger partial charge in [-0.2, -0.15) is 0 Å². The van der Waals surface area contributed by atoms with Gasteiger partial charge in [0.2, 0.25) is 5.91 Å². The zero-order valence-electron chi connectivity index (χ0n) is 16.8. The summed E-state index contributed by atoms with van der Waals surface area (Å²) in [6, 6.07) is 11.4. The fraction of sp³-hybridized carbons (Fsp3) is 0.304. The van der Waals surface area contributed by atoms with Crippen molar-refractivity contribution in [1.29, 1.82) is 0 Å². The molecule has 1 N–H and O–H groups in total. The number of carboxylic acids is 1. The van der Waals surface area contributed by atoms with E-state index in [0.717, 1.165) is 26.9 Å². The summed E-state index contributed by atoms with van der Waals surface area (Å²) in [6.07, 6.45) is 4.50. The van der Waals surface area contributed by atoms with Crippen LogP contribution in [0.1, 0.15) is 18.4 Å². The van der Waals surface area contributed by atoms with Gasteiger partial charge in [0.1, 0.15) is 13.2 Å². The Bertz CT molecular complexity index is 1030. The molecule has 31 heavy (non-hydrogen) atoms. The number of likely N-dealkylation sites (tertiary alicyclic amines) is 1. The molecule has 0 saturated carbocycles. The molecule has 8 heteroatoms. The van der Waals surface area contributed by atoms with Crippen molar-refractivity contribution in [3.63, 3.8) is 0 Å². The molecule has 2 aliphatic rings. The molecule has 1 amide bonds. The Kier molecular flexibility index (Phi) is 6.73. The molecule has 1 unspecified atom stereocenters. The second kappa shape index (κ2) is 9.66. The number of ether oxygens (including phenoxy) is 2. The molecule has 2 aliphatic heterocycles. The molecule has 0 radical (unpaired) electrons. The fourth-order valence-corrected chi connectivity index (χ4v) is 4.72. The van der Waals surface area contributed by atoms with E-state index in [2.05, 4.69) is 0 Å². The maximum atomic E-state index is 12.4. The summed E-state index contributed by atoms with van der Waals surface area (Å²) in [5, 5.41) is 9.76. The van der Waals surface area contributed by atoms with E-state index in [1.165, 1.54) is 17.8 Å². The van der Waals surface area contributed by atoms with Crippen LogP contribution < -0.4 is 9.47 Å². The highest BCUT2D eigenvalue weighted by atomic mass is 35.5. The van der Waals surface area contributed by atoms with Gasteiger partial charge in [0, 0.05) is 29.0 Å². The molecule has 2 aromatic rings. The number of fused-ring (bicyclic) bond motifs is 1. The van der Waals surface area contributed by atoms with E-state index in [4.69, 9.17) is 21.1 Å². The Morgan fingerprint density at radius 2 is 1.94 bits per heavy atom. The predicted molar refractivity (Wildman–Crippen MR) is 119 cm³/mol. The highest BCUT2D eigenvalue weighted by molar-refractivity contribution is 7.99. The average molecular weight is 460 g/mol. The summed E-state index contributed by atoms with van der Waals surface area (Å²) >= 11 is 7.99. The van der Waals surface area contributed by atoms with Crippen LogP contribution in [0.5, 0.6) is 11.5 Å². The van der Waals surface area contributed by atoms with Crippen molar-refractivity contribution in [2.75, 3.05) is 26.3 Å². The minimum Gasteiger partial charge on any atom is -0.486 e. The number of rotatable bonds is 5. The lowest BCUT2D eigenvalue weighted by molar-refractivity contribution is -0.144. The smallest absolute Gasteiger partial charge is 0.308 e. The van der Waals surface area contributed by atoms with Gasteiger partial charge in [0.05, 0.1) is 10.9 Å². The quantitative estimate of drug-likeness (QED) is 0.658. The van der Waals surface area contributed by atoms with E-state index in [9.17, 15) is 14.7 Å². The molecule has 1 saturated heterocycles. The molecule has 1 fully saturated rings. The van der Waals surface area contributed by atoms with E-state index >= 15 is 0 Å². The molecule has 0 aromatic heterocycles. The van der Waals surface area contributed by atoms with Crippen LogP contribution >= 0.6 is 23.4 Å². The van der Waals surface area contributed by atoms with Gasteiger partial charge in [0.15, 0.2) is 11.5 Å². The number of benzene rings is 2. The number of nitrogens with zero attached hydrogens (tertiary/aromatic N) is 1. The Morgan fingerprint density at radius 1 is 1.13 bits per heavy atom. The normalized spacial score (nSPS) is 18.2. The number of amides is 1. The molecule has 0 spiro atoms. The molecule has 2 heterocycles. The second-order valence-corrected chi connectivity index (χ2v) is 8.91. The third-order valence-corrected chi connectivity index (χ3v) is 6.69. The first-order chi connectivity index (χ1) is 15.0. The third-order valence-electron chi connectivity index (χ3n) is 5.20. The molecule has 1 atom stereocenters. The monoisotopic (exact) mass is 459 g/mol. The first-order valence-electron chi connectivity index (χ1n) is 10.1. The van der Waals surface area contributed by atoms with Gasteiger partial charge in [-0.1, -0.05) is 29.4 Å². The Balaban J connectivity index is 1.40. The highest BCUT2D eigenvalue weighted by Gasteiger charge is 2.27. The summed E-state index contributed by atoms with van der Waals surface area (Å²) < 4.78 is 11.2. The van der Waals surface area contributed by atoms with Crippen LogP contribution in [-0.2, 0) is 9.59 Å². The summed E-state index contributed by atoms with van der Waals surface area (Å²) in [5.74, 6) is -0.0444. The predicted octanol–water partition coefficient (Wildman–Crippen LogP) is 4.60. The minimum atomic E-state index is -0.848. The van der Waals surface area contributed by atoms with Gasteiger partial charge >= 0.3 is 5.97 Å². The number of aliphatic carboxylic acids is 1. The Labute approximate surface area is 189 Å². The maximum Gasteiger partial charge on any atom is 0.308 e. The van der Waals surface area contributed by atoms with Gasteiger partial charge in [-0.25, -0.2) is 0 Å². The fourth-order valence-electron chi connectivity index (χ4n) is 3.57. The van der Waals surface area contributed by atoms with E-state index in [1.54, 1.807) is 11.0 Å². The third kappa shape index (κ3) is 5.35. The molecule has 6 nitrogen and oxygen atoms in total.